The quantitative estimate of drug-likeness (QED) is 0.503. The summed E-state index contributed by atoms with van der Waals surface area (Å²) in [5, 5.41) is 0. The molecule has 3 aromatic rings. The summed E-state index contributed by atoms with van der Waals surface area (Å²) in [6.07, 6.45) is 1.63. The zero-order chi connectivity index (χ0) is 24.1. The molecule has 8 heteroatoms. The highest BCUT2D eigenvalue weighted by Crippen LogP contribution is 2.25. The molecule has 1 aliphatic heterocycles. The maximum Gasteiger partial charge on any atom is 0.261 e. The van der Waals surface area contributed by atoms with E-state index in [4.69, 9.17) is 4.74 Å². The summed E-state index contributed by atoms with van der Waals surface area (Å²) < 4.78 is 48.4. The minimum atomic E-state index is -3.97. The number of nitrogens with one attached hydrogen (secondary N) is 1. The SMILES string of the molecule is Cc1ccc(S(=O)(=O)Nc2ccc(F)cc2C(=O)N(Cc2ccccc2)CC2CCCO2)cc1. The largest absolute Gasteiger partial charge is 0.376 e. The minimum absolute atomic E-state index is 0.0253. The average Bonchev–Trinajstić information content (AvgIpc) is 3.33. The molecule has 0 spiro atoms. The van der Waals surface area contributed by atoms with Gasteiger partial charge in [-0.05, 0) is 55.7 Å². The van der Waals surface area contributed by atoms with Gasteiger partial charge >= 0.3 is 0 Å². The van der Waals surface area contributed by atoms with Crippen LogP contribution >= 0.6 is 0 Å². The third-order valence-electron chi connectivity index (χ3n) is 5.74. The number of amides is 1. The topological polar surface area (TPSA) is 75.7 Å². The normalized spacial score (nSPS) is 15.8. The summed E-state index contributed by atoms with van der Waals surface area (Å²) in [5.74, 6) is -1.10. The second-order valence-corrected chi connectivity index (χ2v) is 10.1. The fraction of sp³-hybridized carbons (Fsp3) is 0.269. The summed E-state index contributed by atoms with van der Waals surface area (Å²) in [6.45, 7) is 3.12. The van der Waals surface area contributed by atoms with E-state index in [0.717, 1.165) is 36.1 Å². The predicted molar refractivity (Wildman–Crippen MR) is 129 cm³/mol. The molecule has 1 atom stereocenters. The lowest BCUT2D eigenvalue weighted by atomic mass is 10.1. The van der Waals surface area contributed by atoms with E-state index in [1.54, 1.807) is 17.0 Å². The van der Waals surface area contributed by atoms with Crippen molar-refractivity contribution in [3.8, 4) is 0 Å². The van der Waals surface area contributed by atoms with Gasteiger partial charge in [0.25, 0.3) is 15.9 Å². The standard InChI is InChI=1S/C26H27FN2O4S/c1-19-9-12-23(13-10-19)34(31,32)28-25-14-11-21(27)16-24(25)26(30)29(18-22-8-5-15-33-22)17-20-6-3-2-4-7-20/h2-4,6-7,9-14,16,22,28H,5,8,15,17-18H2,1H3. The number of anilines is 1. The smallest absolute Gasteiger partial charge is 0.261 e. The Kier molecular flexibility index (Phi) is 7.29. The lowest BCUT2D eigenvalue weighted by Gasteiger charge is -2.27. The van der Waals surface area contributed by atoms with Crippen LogP contribution in [0.15, 0.2) is 77.7 Å². The van der Waals surface area contributed by atoms with Crippen molar-refractivity contribution < 1.29 is 22.3 Å². The molecule has 34 heavy (non-hydrogen) atoms. The van der Waals surface area contributed by atoms with E-state index in [1.165, 1.54) is 18.2 Å². The van der Waals surface area contributed by atoms with Gasteiger partial charge in [0.2, 0.25) is 0 Å². The highest BCUT2D eigenvalue weighted by Gasteiger charge is 2.27. The van der Waals surface area contributed by atoms with Gasteiger partial charge in [0.1, 0.15) is 5.82 Å². The molecule has 0 aliphatic carbocycles. The molecule has 0 aromatic heterocycles. The van der Waals surface area contributed by atoms with Crippen LogP contribution in [0.3, 0.4) is 0 Å². The van der Waals surface area contributed by atoms with Crippen LogP contribution in [-0.2, 0) is 21.3 Å². The second kappa shape index (κ2) is 10.4. The van der Waals surface area contributed by atoms with Crippen LogP contribution in [0.1, 0.15) is 34.3 Å². The van der Waals surface area contributed by atoms with Gasteiger partial charge in [-0.1, -0.05) is 48.0 Å². The monoisotopic (exact) mass is 482 g/mol. The molecule has 0 saturated carbocycles. The number of ether oxygens (including phenoxy) is 1. The highest BCUT2D eigenvalue weighted by molar-refractivity contribution is 7.92. The van der Waals surface area contributed by atoms with Gasteiger partial charge in [0.05, 0.1) is 22.3 Å². The molecule has 1 heterocycles. The zero-order valence-corrected chi connectivity index (χ0v) is 19.7. The van der Waals surface area contributed by atoms with Gasteiger partial charge in [0.15, 0.2) is 0 Å². The van der Waals surface area contributed by atoms with Crippen LogP contribution in [0.4, 0.5) is 10.1 Å². The first kappa shape index (κ1) is 23.9. The number of nitrogens with zero attached hydrogens (tertiary/aromatic N) is 1. The molecule has 1 saturated heterocycles. The number of hydrogen-bond acceptors (Lipinski definition) is 4. The number of sulfonamides is 1. The molecule has 0 radical (unpaired) electrons. The molecule has 1 amide bonds. The van der Waals surface area contributed by atoms with Crippen molar-refractivity contribution in [2.45, 2.75) is 37.3 Å². The van der Waals surface area contributed by atoms with E-state index in [1.807, 2.05) is 37.3 Å². The zero-order valence-electron chi connectivity index (χ0n) is 18.9. The van der Waals surface area contributed by atoms with Gasteiger partial charge in [0, 0.05) is 19.7 Å². The van der Waals surface area contributed by atoms with Gasteiger partial charge in [-0.2, -0.15) is 0 Å². The number of carbonyl (C=O) groups is 1. The lowest BCUT2D eigenvalue weighted by Crippen LogP contribution is -2.37. The fourth-order valence-corrected chi connectivity index (χ4v) is 5.01. The molecule has 0 bridgehead atoms. The Morgan fingerprint density at radius 3 is 2.50 bits per heavy atom. The maximum absolute atomic E-state index is 14.2. The predicted octanol–water partition coefficient (Wildman–Crippen LogP) is 4.76. The number of hydrogen-bond donors (Lipinski definition) is 1. The van der Waals surface area contributed by atoms with Crippen LogP contribution in [0.2, 0.25) is 0 Å². The van der Waals surface area contributed by atoms with E-state index < -0.39 is 21.7 Å². The van der Waals surface area contributed by atoms with E-state index in [9.17, 15) is 17.6 Å². The molecule has 3 aromatic carbocycles. The highest BCUT2D eigenvalue weighted by atomic mass is 32.2. The van der Waals surface area contributed by atoms with Crippen LogP contribution in [0, 0.1) is 12.7 Å². The second-order valence-electron chi connectivity index (χ2n) is 8.41. The number of carbonyl (C=O) groups excluding carboxylic acids is 1. The van der Waals surface area contributed by atoms with E-state index >= 15 is 0 Å². The van der Waals surface area contributed by atoms with Gasteiger partial charge in [-0.3, -0.25) is 9.52 Å². The van der Waals surface area contributed by atoms with Crippen molar-refractivity contribution in [2.24, 2.45) is 0 Å². The Morgan fingerprint density at radius 2 is 1.82 bits per heavy atom. The summed E-state index contributed by atoms with van der Waals surface area (Å²) in [6, 6.07) is 19.3. The Labute approximate surface area is 199 Å². The molecule has 4 rings (SSSR count). The minimum Gasteiger partial charge on any atom is -0.376 e. The average molecular weight is 483 g/mol. The Balaban J connectivity index is 1.65. The van der Waals surface area contributed by atoms with E-state index in [2.05, 4.69) is 4.72 Å². The Bertz CT molecular complexity index is 1240. The summed E-state index contributed by atoms with van der Waals surface area (Å²) in [4.78, 5) is 15.3. The molecule has 178 valence electrons. The Morgan fingerprint density at radius 1 is 1.09 bits per heavy atom. The first-order valence-corrected chi connectivity index (χ1v) is 12.6. The lowest BCUT2D eigenvalue weighted by molar-refractivity contribution is 0.0507. The van der Waals surface area contributed by atoms with Crippen LogP contribution in [0.5, 0.6) is 0 Å². The van der Waals surface area contributed by atoms with Crippen LogP contribution < -0.4 is 4.72 Å². The van der Waals surface area contributed by atoms with E-state index in [0.29, 0.717) is 19.7 Å². The molecule has 1 unspecified atom stereocenters. The van der Waals surface area contributed by atoms with Gasteiger partial charge in [-0.25, -0.2) is 12.8 Å². The van der Waals surface area contributed by atoms with Crippen LogP contribution in [0.25, 0.3) is 0 Å². The van der Waals surface area contributed by atoms with E-state index in [-0.39, 0.29) is 22.3 Å². The van der Waals surface area contributed by atoms with Gasteiger partial charge in [-0.15, -0.1) is 0 Å². The molecular weight excluding hydrogens is 455 g/mol. The Hall–Kier alpha value is -3.23. The van der Waals surface area contributed by atoms with Crippen molar-refractivity contribution in [3.63, 3.8) is 0 Å². The van der Waals surface area contributed by atoms with Crippen molar-refractivity contribution in [3.05, 3.63) is 95.3 Å². The summed E-state index contributed by atoms with van der Waals surface area (Å²) >= 11 is 0. The van der Waals surface area contributed by atoms with Crippen molar-refractivity contribution in [2.75, 3.05) is 17.9 Å². The number of halogens is 1. The molecule has 1 fully saturated rings. The van der Waals surface area contributed by atoms with Crippen molar-refractivity contribution in [1.82, 2.24) is 4.90 Å². The van der Waals surface area contributed by atoms with Gasteiger partial charge < -0.3 is 9.64 Å². The van der Waals surface area contributed by atoms with Crippen molar-refractivity contribution in [1.29, 1.82) is 0 Å². The molecule has 6 nitrogen and oxygen atoms in total. The number of benzene rings is 3. The molecular formula is C26H27FN2O4S. The van der Waals surface area contributed by atoms with Crippen molar-refractivity contribution >= 4 is 21.6 Å². The van der Waals surface area contributed by atoms with Crippen LogP contribution in [-0.4, -0.2) is 38.5 Å². The number of rotatable bonds is 8. The summed E-state index contributed by atoms with van der Waals surface area (Å²) in [7, 11) is -3.97. The molecule has 1 N–H and O–H groups in total. The fourth-order valence-electron chi connectivity index (χ4n) is 3.93. The first-order valence-electron chi connectivity index (χ1n) is 11.2. The number of aryl methyl sites for hydroxylation is 1. The maximum atomic E-state index is 14.2. The third kappa shape index (κ3) is 5.81. The third-order valence-corrected chi connectivity index (χ3v) is 7.12. The first-order chi connectivity index (χ1) is 16.3. The molecule has 1 aliphatic rings. The summed E-state index contributed by atoms with van der Waals surface area (Å²) in [5.41, 5.74) is 1.80.